The number of hydrogen-bond acceptors (Lipinski definition) is 0. The molecule has 0 aromatic heterocycles. The molecule has 0 amide bonds. The summed E-state index contributed by atoms with van der Waals surface area (Å²) in [4.78, 5) is 0. The van der Waals surface area contributed by atoms with Crippen molar-refractivity contribution in [3.8, 4) is 0 Å². The van der Waals surface area contributed by atoms with E-state index >= 15 is 0 Å². The third-order valence-electron chi connectivity index (χ3n) is 2.93. The predicted octanol–water partition coefficient (Wildman–Crippen LogP) is 3.60. The van der Waals surface area contributed by atoms with Crippen molar-refractivity contribution in [3.63, 3.8) is 0 Å². The van der Waals surface area contributed by atoms with Gasteiger partial charge in [0, 0.05) is 0 Å². The Morgan fingerprint density at radius 3 is 2.82 bits per heavy atom. The maximum absolute atomic E-state index is 2.44. The second kappa shape index (κ2) is 2.84. The highest BCUT2D eigenvalue weighted by atomic mass is 14.2. The van der Waals surface area contributed by atoms with Gasteiger partial charge < -0.3 is 0 Å². The molecule has 0 N–H and O–H groups in total. The van der Waals surface area contributed by atoms with E-state index < -0.39 is 0 Å². The lowest BCUT2D eigenvalue weighted by atomic mass is 10.0. The van der Waals surface area contributed by atoms with Crippen molar-refractivity contribution in [1.82, 2.24) is 0 Å². The minimum atomic E-state index is 1.24. The van der Waals surface area contributed by atoms with E-state index in [9.17, 15) is 0 Å². The highest BCUT2D eigenvalue weighted by molar-refractivity contribution is 5.42. The van der Waals surface area contributed by atoms with Gasteiger partial charge in [0.1, 0.15) is 0 Å². The zero-order valence-electron chi connectivity index (χ0n) is 7.32. The standard InChI is InChI=1S/C11H16/c1-9-7-8-10-5-3-2-4-6-11(9)10/h8H,2-7H2,1H3. The molecule has 0 unspecified atom stereocenters. The number of rotatable bonds is 0. The zero-order valence-corrected chi connectivity index (χ0v) is 7.32. The van der Waals surface area contributed by atoms with Crippen molar-refractivity contribution in [2.75, 3.05) is 0 Å². The van der Waals surface area contributed by atoms with Crippen LogP contribution in [-0.4, -0.2) is 0 Å². The average Bonchev–Trinajstić information content (AvgIpc) is 2.25. The molecule has 0 atom stereocenters. The Morgan fingerprint density at radius 1 is 1.09 bits per heavy atom. The van der Waals surface area contributed by atoms with E-state index in [1.807, 2.05) is 0 Å². The van der Waals surface area contributed by atoms with Gasteiger partial charge in [-0.2, -0.15) is 0 Å². The topological polar surface area (TPSA) is 0 Å². The van der Waals surface area contributed by atoms with Crippen molar-refractivity contribution in [2.45, 2.75) is 45.4 Å². The summed E-state index contributed by atoms with van der Waals surface area (Å²) in [6.45, 7) is 2.30. The molecule has 0 aliphatic heterocycles. The molecule has 0 radical (unpaired) electrons. The Balaban J connectivity index is 2.24. The van der Waals surface area contributed by atoms with Gasteiger partial charge in [-0.3, -0.25) is 0 Å². The molecule has 0 heterocycles. The van der Waals surface area contributed by atoms with Crippen molar-refractivity contribution >= 4 is 0 Å². The largest absolute Gasteiger partial charge is 0.0770 e. The van der Waals surface area contributed by atoms with Crippen LogP contribution in [0.15, 0.2) is 22.8 Å². The first-order chi connectivity index (χ1) is 5.38. The lowest BCUT2D eigenvalue weighted by Crippen LogP contribution is -1.83. The first-order valence-corrected chi connectivity index (χ1v) is 4.76. The molecule has 0 nitrogen and oxygen atoms in total. The molecule has 1 fully saturated rings. The lowest BCUT2D eigenvalue weighted by molar-refractivity contribution is 0.716. The molecule has 2 aliphatic rings. The Bertz CT molecular complexity index is 218. The third-order valence-corrected chi connectivity index (χ3v) is 2.93. The van der Waals surface area contributed by atoms with E-state index in [0.29, 0.717) is 0 Å². The fourth-order valence-corrected chi connectivity index (χ4v) is 2.22. The van der Waals surface area contributed by atoms with Crippen molar-refractivity contribution < 1.29 is 0 Å². The Hall–Kier alpha value is -0.520. The normalized spacial score (nSPS) is 24.6. The van der Waals surface area contributed by atoms with E-state index in [1.54, 1.807) is 16.7 Å². The van der Waals surface area contributed by atoms with Crippen molar-refractivity contribution in [3.05, 3.63) is 22.8 Å². The van der Waals surface area contributed by atoms with Crippen molar-refractivity contribution in [2.24, 2.45) is 0 Å². The summed E-state index contributed by atoms with van der Waals surface area (Å²) < 4.78 is 0. The summed E-state index contributed by atoms with van der Waals surface area (Å²) in [5.41, 5.74) is 5.03. The zero-order chi connectivity index (χ0) is 7.68. The van der Waals surface area contributed by atoms with Crippen LogP contribution in [-0.2, 0) is 0 Å². The van der Waals surface area contributed by atoms with Crippen LogP contribution in [0, 0.1) is 0 Å². The van der Waals surface area contributed by atoms with Gasteiger partial charge in [0.05, 0.1) is 0 Å². The Morgan fingerprint density at radius 2 is 1.91 bits per heavy atom. The minimum Gasteiger partial charge on any atom is -0.0770 e. The summed E-state index contributed by atoms with van der Waals surface area (Å²) in [5, 5.41) is 0. The molecule has 0 heteroatoms. The van der Waals surface area contributed by atoms with Gasteiger partial charge >= 0.3 is 0 Å². The van der Waals surface area contributed by atoms with Gasteiger partial charge in [0.15, 0.2) is 0 Å². The van der Waals surface area contributed by atoms with Crippen LogP contribution in [0.1, 0.15) is 45.4 Å². The first kappa shape index (κ1) is 7.15. The first-order valence-electron chi connectivity index (χ1n) is 4.76. The monoisotopic (exact) mass is 148 g/mol. The summed E-state index contributed by atoms with van der Waals surface area (Å²) in [6.07, 6.45) is 10.7. The van der Waals surface area contributed by atoms with Gasteiger partial charge in [0.2, 0.25) is 0 Å². The summed E-state index contributed by atoms with van der Waals surface area (Å²) in [6, 6.07) is 0. The van der Waals surface area contributed by atoms with Crippen LogP contribution in [0.4, 0.5) is 0 Å². The molecule has 2 rings (SSSR count). The molecule has 0 bridgehead atoms. The van der Waals surface area contributed by atoms with Gasteiger partial charge in [0.25, 0.3) is 0 Å². The van der Waals surface area contributed by atoms with Gasteiger partial charge in [-0.05, 0) is 50.2 Å². The minimum absolute atomic E-state index is 1.24. The van der Waals surface area contributed by atoms with E-state index in [2.05, 4.69) is 13.0 Å². The van der Waals surface area contributed by atoms with E-state index in [0.717, 1.165) is 0 Å². The molecule has 60 valence electrons. The van der Waals surface area contributed by atoms with Crippen LogP contribution in [0.2, 0.25) is 0 Å². The van der Waals surface area contributed by atoms with Crippen LogP contribution in [0.25, 0.3) is 0 Å². The second-order valence-electron chi connectivity index (χ2n) is 3.75. The molecule has 2 aliphatic carbocycles. The highest BCUT2D eigenvalue weighted by Gasteiger charge is 2.16. The SMILES string of the molecule is CC1=C2CCCCCC2=CC1. The third kappa shape index (κ3) is 1.26. The molecule has 11 heavy (non-hydrogen) atoms. The van der Waals surface area contributed by atoms with Crippen LogP contribution in [0.5, 0.6) is 0 Å². The fourth-order valence-electron chi connectivity index (χ4n) is 2.22. The van der Waals surface area contributed by atoms with Gasteiger partial charge in [-0.25, -0.2) is 0 Å². The van der Waals surface area contributed by atoms with Crippen molar-refractivity contribution in [1.29, 1.82) is 0 Å². The molecule has 0 aromatic carbocycles. The van der Waals surface area contributed by atoms with Crippen LogP contribution in [0.3, 0.4) is 0 Å². The Labute approximate surface area is 69.0 Å². The van der Waals surface area contributed by atoms with Crippen LogP contribution >= 0.6 is 0 Å². The smallest absolute Gasteiger partial charge is 0.0130 e. The quantitative estimate of drug-likeness (QED) is 0.492. The summed E-state index contributed by atoms with van der Waals surface area (Å²) in [5.74, 6) is 0. The predicted molar refractivity (Wildman–Crippen MR) is 48.5 cm³/mol. The summed E-state index contributed by atoms with van der Waals surface area (Å²) in [7, 11) is 0. The van der Waals surface area contributed by atoms with Gasteiger partial charge in [-0.1, -0.05) is 18.1 Å². The molecule has 0 aromatic rings. The highest BCUT2D eigenvalue weighted by Crippen LogP contribution is 2.35. The van der Waals surface area contributed by atoms with E-state index in [4.69, 9.17) is 0 Å². The van der Waals surface area contributed by atoms with E-state index in [1.165, 1.54) is 38.5 Å². The number of hydrogen-bond donors (Lipinski definition) is 0. The maximum Gasteiger partial charge on any atom is -0.0130 e. The maximum atomic E-state index is 2.44. The Kier molecular flexibility index (Phi) is 1.85. The fraction of sp³-hybridized carbons (Fsp3) is 0.636. The number of allylic oxidation sites excluding steroid dienone is 4. The molecular formula is C11H16. The summed E-state index contributed by atoms with van der Waals surface area (Å²) >= 11 is 0. The van der Waals surface area contributed by atoms with E-state index in [-0.39, 0.29) is 0 Å². The average molecular weight is 148 g/mol. The molecular weight excluding hydrogens is 132 g/mol. The second-order valence-corrected chi connectivity index (χ2v) is 3.75. The molecule has 1 saturated carbocycles. The number of fused-ring (bicyclic) bond motifs is 1. The lowest BCUT2D eigenvalue weighted by Gasteiger charge is -2.03. The van der Waals surface area contributed by atoms with Crippen LogP contribution < -0.4 is 0 Å². The molecule has 0 spiro atoms. The van der Waals surface area contributed by atoms with Gasteiger partial charge in [-0.15, -0.1) is 0 Å². The molecule has 0 saturated heterocycles.